The van der Waals surface area contributed by atoms with Crippen LogP contribution >= 0.6 is 0 Å². The predicted molar refractivity (Wildman–Crippen MR) is 85.4 cm³/mol. The van der Waals surface area contributed by atoms with E-state index in [2.05, 4.69) is 19.1 Å². The first-order chi connectivity index (χ1) is 10.7. The van der Waals surface area contributed by atoms with Crippen LogP contribution in [0, 0.1) is 0 Å². The molecule has 0 unspecified atom stereocenters. The fraction of sp³-hybridized carbons (Fsp3) is 0.556. The minimum atomic E-state index is -0.335. The van der Waals surface area contributed by atoms with Crippen molar-refractivity contribution in [3.63, 3.8) is 0 Å². The van der Waals surface area contributed by atoms with Crippen molar-refractivity contribution in [3.05, 3.63) is 35.9 Å². The number of hydrogen-bond donors (Lipinski definition) is 0. The molecule has 0 amide bonds. The Hall–Kier alpha value is -1.84. The van der Waals surface area contributed by atoms with Gasteiger partial charge in [-0.2, -0.15) is 0 Å². The second-order valence-electron chi connectivity index (χ2n) is 5.24. The summed E-state index contributed by atoms with van der Waals surface area (Å²) in [6.45, 7) is 2.92. The van der Waals surface area contributed by atoms with E-state index in [-0.39, 0.29) is 24.8 Å². The van der Waals surface area contributed by atoms with Crippen molar-refractivity contribution in [1.82, 2.24) is 0 Å². The number of hydrogen-bond acceptors (Lipinski definition) is 4. The first-order valence-corrected chi connectivity index (χ1v) is 8.07. The van der Waals surface area contributed by atoms with Crippen molar-refractivity contribution in [3.8, 4) is 0 Å². The SMILES string of the molecule is CCCCCOC(=O)CCC(=O)OCCCc1ccccc1. The number of carbonyl (C=O) groups excluding carboxylic acids is 2. The third kappa shape index (κ3) is 9.16. The molecular formula is C18H26O4. The second-order valence-corrected chi connectivity index (χ2v) is 5.24. The van der Waals surface area contributed by atoms with Crippen LogP contribution in [0.2, 0.25) is 0 Å². The average Bonchev–Trinajstić information content (AvgIpc) is 2.55. The summed E-state index contributed by atoms with van der Waals surface area (Å²) in [5.41, 5.74) is 1.23. The number of unbranched alkanes of at least 4 members (excludes halogenated alkanes) is 2. The number of carbonyl (C=O) groups is 2. The molecule has 0 atom stereocenters. The van der Waals surface area contributed by atoms with Gasteiger partial charge in [0, 0.05) is 0 Å². The Morgan fingerprint density at radius 3 is 2.05 bits per heavy atom. The molecule has 22 heavy (non-hydrogen) atoms. The van der Waals surface area contributed by atoms with Gasteiger partial charge in [0.25, 0.3) is 0 Å². The van der Waals surface area contributed by atoms with Gasteiger partial charge in [0.1, 0.15) is 0 Å². The maximum Gasteiger partial charge on any atom is 0.306 e. The van der Waals surface area contributed by atoms with E-state index < -0.39 is 0 Å². The lowest BCUT2D eigenvalue weighted by Gasteiger charge is -2.06. The molecule has 0 aliphatic rings. The quantitative estimate of drug-likeness (QED) is 0.462. The van der Waals surface area contributed by atoms with Crippen LogP contribution in [-0.4, -0.2) is 25.2 Å². The Morgan fingerprint density at radius 1 is 0.864 bits per heavy atom. The summed E-state index contributed by atoms with van der Waals surface area (Å²) in [5.74, 6) is -0.657. The number of benzene rings is 1. The van der Waals surface area contributed by atoms with E-state index in [0.717, 1.165) is 32.1 Å². The fourth-order valence-electron chi connectivity index (χ4n) is 1.99. The molecule has 0 saturated heterocycles. The van der Waals surface area contributed by atoms with Gasteiger partial charge in [-0.05, 0) is 24.8 Å². The lowest BCUT2D eigenvalue weighted by atomic mass is 10.1. The van der Waals surface area contributed by atoms with E-state index in [1.807, 2.05) is 18.2 Å². The van der Waals surface area contributed by atoms with Crippen LogP contribution in [0.1, 0.15) is 51.0 Å². The first-order valence-electron chi connectivity index (χ1n) is 8.07. The summed E-state index contributed by atoms with van der Waals surface area (Å²) in [4.78, 5) is 22.9. The number of aryl methyl sites for hydroxylation is 1. The number of esters is 2. The molecule has 122 valence electrons. The molecule has 4 nitrogen and oxygen atoms in total. The van der Waals surface area contributed by atoms with Gasteiger partial charge in [-0.15, -0.1) is 0 Å². The maximum absolute atomic E-state index is 11.5. The summed E-state index contributed by atoms with van der Waals surface area (Å²) >= 11 is 0. The van der Waals surface area contributed by atoms with E-state index in [4.69, 9.17) is 9.47 Å². The molecule has 4 heteroatoms. The van der Waals surface area contributed by atoms with Crippen LogP contribution in [0.15, 0.2) is 30.3 Å². The summed E-state index contributed by atoms with van der Waals surface area (Å²) in [7, 11) is 0. The van der Waals surface area contributed by atoms with Crippen molar-refractivity contribution in [2.24, 2.45) is 0 Å². The van der Waals surface area contributed by atoms with Gasteiger partial charge in [0.2, 0.25) is 0 Å². The van der Waals surface area contributed by atoms with Crippen LogP contribution in [0.5, 0.6) is 0 Å². The van der Waals surface area contributed by atoms with Gasteiger partial charge in [-0.1, -0.05) is 50.1 Å². The van der Waals surface area contributed by atoms with Crippen molar-refractivity contribution in [1.29, 1.82) is 0 Å². The summed E-state index contributed by atoms with van der Waals surface area (Å²) in [6.07, 6.45) is 4.89. The highest BCUT2D eigenvalue weighted by Gasteiger charge is 2.08. The standard InChI is InChI=1S/C18H26O4/c1-2-3-7-14-21-17(19)12-13-18(20)22-15-8-11-16-9-5-4-6-10-16/h4-6,9-10H,2-3,7-8,11-15H2,1H3. The average molecular weight is 306 g/mol. The molecule has 0 radical (unpaired) electrons. The topological polar surface area (TPSA) is 52.6 Å². The molecule has 0 bridgehead atoms. The lowest BCUT2D eigenvalue weighted by Crippen LogP contribution is -2.11. The fourth-order valence-corrected chi connectivity index (χ4v) is 1.99. The van der Waals surface area contributed by atoms with Crippen LogP contribution in [-0.2, 0) is 25.5 Å². The molecule has 0 aliphatic heterocycles. The Morgan fingerprint density at radius 2 is 1.45 bits per heavy atom. The molecule has 1 rings (SSSR count). The Balaban J connectivity index is 2.00. The Kier molecular flexibility index (Phi) is 9.75. The number of rotatable bonds is 11. The molecule has 0 N–H and O–H groups in total. The van der Waals surface area contributed by atoms with E-state index in [1.54, 1.807) is 0 Å². The highest BCUT2D eigenvalue weighted by atomic mass is 16.5. The zero-order valence-corrected chi connectivity index (χ0v) is 13.4. The predicted octanol–water partition coefficient (Wildman–Crippen LogP) is 3.68. The first kappa shape index (κ1) is 18.2. The monoisotopic (exact) mass is 306 g/mol. The minimum absolute atomic E-state index is 0.0952. The van der Waals surface area contributed by atoms with Crippen LogP contribution in [0.4, 0.5) is 0 Å². The Labute approximate surface area is 132 Å². The molecule has 0 aliphatic carbocycles. The molecule has 0 spiro atoms. The third-order valence-corrected chi connectivity index (χ3v) is 3.26. The molecule has 0 saturated carbocycles. The zero-order chi connectivity index (χ0) is 16.0. The van der Waals surface area contributed by atoms with E-state index >= 15 is 0 Å². The van der Waals surface area contributed by atoms with Gasteiger partial charge in [0.05, 0.1) is 26.1 Å². The molecule has 0 heterocycles. The highest BCUT2D eigenvalue weighted by Crippen LogP contribution is 2.04. The normalized spacial score (nSPS) is 10.2. The smallest absolute Gasteiger partial charge is 0.306 e. The van der Waals surface area contributed by atoms with Gasteiger partial charge in [0.15, 0.2) is 0 Å². The Bertz CT molecular complexity index is 428. The minimum Gasteiger partial charge on any atom is -0.466 e. The molecule has 0 fully saturated rings. The van der Waals surface area contributed by atoms with Crippen molar-refractivity contribution in [2.45, 2.75) is 51.9 Å². The number of ether oxygens (including phenoxy) is 2. The summed E-state index contributed by atoms with van der Waals surface area (Å²) < 4.78 is 10.1. The van der Waals surface area contributed by atoms with Gasteiger partial charge < -0.3 is 9.47 Å². The van der Waals surface area contributed by atoms with Gasteiger partial charge in [-0.25, -0.2) is 0 Å². The second kappa shape index (κ2) is 11.8. The van der Waals surface area contributed by atoms with Gasteiger partial charge in [-0.3, -0.25) is 9.59 Å². The largest absolute Gasteiger partial charge is 0.466 e. The highest BCUT2D eigenvalue weighted by molar-refractivity contribution is 5.77. The molecule has 1 aromatic rings. The molecule has 0 aromatic heterocycles. The van der Waals surface area contributed by atoms with E-state index in [1.165, 1.54) is 5.56 Å². The van der Waals surface area contributed by atoms with Crippen LogP contribution in [0.25, 0.3) is 0 Å². The van der Waals surface area contributed by atoms with Crippen molar-refractivity contribution >= 4 is 11.9 Å². The van der Waals surface area contributed by atoms with E-state index in [0.29, 0.717) is 13.2 Å². The van der Waals surface area contributed by atoms with Crippen LogP contribution in [0.3, 0.4) is 0 Å². The van der Waals surface area contributed by atoms with Crippen molar-refractivity contribution < 1.29 is 19.1 Å². The zero-order valence-electron chi connectivity index (χ0n) is 13.4. The summed E-state index contributed by atoms with van der Waals surface area (Å²) in [6, 6.07) is 10.1. The molecular weight excluding hydrogens is 280 g/mol. The van der Waals surface area contributed by atoms with Crippen molar-refractivity contribution in [2.75, 3.05) is 13.2 Å². The van der Waals surface area contributed by atoms with Gasteiger partial charge >= 0.3 is 11.9 Å². The van der Waals surface area contributed by atoms with E-state index in [9.17, 15) is 9.59 Å². The lowest BCUT2D eigenvalue weighted by molar-refractivity contribution is -0.150. The maximum atomic E-state index is 11.5. The summed E-state index contributed by atoms with van der Waals surface area (Å²) in [5, 5.41) is 0. The molecule has 1 aromatic carbocycles. The third-order valence-electron chi connectivity index (χ3n) is 3.26. The van der Waals surface area contributed by atoms with Crippen LogP contribution < -0.4 is 0 Å².